The highest BCUT2D eigenvalue weighted by Gasteiger charge is 2.32. The zero-order valence-corrected chi connectivity index (χ0v) is 7.28. The molecule has 0 aliphatic carbocycles. The van der Waals surface area contributed by atoms with Crippen molar-refractivity contribution in [2.45, 2.75) is 6.18 Å². The molecule has 0 saturated heterocycles. The monoisotopic (exact) mass is 215 g/mol. The van der Waals surface area contributed by atoms with Crippen molar-refractivity contribution in [1.82, 2.24) is 0 Å². The Morgan fingerprint density at radius 3 is 2.27 bits per heavy atom. The fraction of sp³-hybridized carbons (Fsp3) is 0.125. The number of halogens is 3. The van der Waals surface area contributed by atoms with E-state index in [1.165, 1.54) is 0 Å². The van der Waals surface area contributed by atoms with Crippen LogP contribution in [0.1, 0.15) is 11.1 Å². The van der Waals surface area contributed by atoms with Gasteiger partial charge in [0.25, 0.3) is 0 Å². The molecule has 0 fully saturated rings. The third-order valence-corrected chi connectivity index (χ3v) is 1.78. The number of alkyl halides is 3. The van der Waals surface area contributed by atoms with Crippen molar-refractivity contribution < 1.29 is 23.2 Å². The van der Waals surface area contributed by atoms with Crippen molar-refractivity contribution >= 4 is 12.6 Å². The van der Waals surface area contributed by atoms with E-state index < -0.39 is 24.3 Å². The smallest absolute Gasteiger partial charge is 0.423 e. The highest BCUT2D eigenvalue weighted by molar-refractivity contribution is 6.59. The summed E-state index contributed by atoms with van der Waals surface area (Å²) in [6, 6.07) is 3.73. The van der Waals surface area contributed by atoms with Gasteiger partial charge >= 0.3 is 13.3 Å². The van der Waals surface area contributed by atoms with Crippen LogP contribution in [0, 0.1) is 11.3 Å². The van der Waals surface area contributed by atoms with E-state index in [0.717, 1.165) is 6.07 Å². The Hall–Kier alpha value is -1.52. The second-order valence-corrected chi connectivity index (χ2v) is 2.79. The highest BCUT2D eigenvalue weighted by Crippen LogP contribution is 2.28. The molecule has 1 aromatic rings. The lowest BCUT2D eigenvalue weighted by molar-refractivity contribution is -0.137. The molecule has 0 amide bonds. The molecule has 2 N–H and O–H groups in total. The summed E-state index contributed by atoms with van der Waals surface area (Å²) in [6.07, 6.45) is -4.57. The third kappa shape index (κ3) is 2.49. The normalized spacial score (nSPS) is 10.9. The van der Waals surface area contributed by atoms with Gasteiger partial charge in [-0.1, -0.05) is 0 Å². The van der Waals surface area contributed by atoms with Gasteiger partial charge < -0.3 is 10.0 Å². The van der Waals surface area contributed by atoms with Crippen LogP contribution in [0.4, 0.5) is 13.2 Å². The molecule has 0 aliphatic rings. The van der Waals surface area contributed by atoms with Crippen molar-refractivity contribution in [3.05, 3.63) is 29.3 Å². The summed E-state index contributed by atoms with van der Waals surface area (Å²) in [5, 5.41) is 26.0. The first-order valence-electron chi connectivity index (χ1n) is 3.83. The van der Waals surface area contributed by atoms with Crippen molar-refractivity contribution in [3.63, 3.8) is 0 Å². The maximum Gasteiger partial charge on any atom is 0.489 e. The molecule has 1 rings (SSSR count). The van der Waals surface area contributed by atoms with Crippen LogP contribution < -0.4 is 5.46 Å². The Balaban J connectivity index is 3.30. The molecule has 1 aromatic carbocycles. The van der Waals surface area contributed by atoms with Gasteiger partial charge in [0.1, 0.15) is 0 Å². The second-order valence-electron chi connectivity index (χ2n) is 2.79. The van der Waals surface area contributed by atoms with E-state index in [4.69, 9.17) is 15.3 Å². The van der Waals surface area contributed by atoms with Gasteiger partial charge in [0.2, 0.25) is 0 Å². The maximum absolute atomic E-state index is 12.2. The summed E-state index contributed by atoms with van der Waals surface area (Å²) < 4.78 is 36.7. The fourth-order valence-electron chi connectivity index (χ4n) is 1.05. The molecular weight excluding hydrogens is 210 g/mol. The number of hydrogen-bond acceptors (Lipinski definition) is 3. The van der Waals surface area contributed by atoms with E-state index in [0.29, 0.717) is 12.1 Å². The van der Waals surface area contributed by atoms with Crippen molar-refractivity contribution in [2.75, 3.05) is 0 Å². The molecule has 0 unspecified atom stereocenters. The number of nitriles is 1. The average Bonchev–Trinajstić information content (AvgIpc) is 2.15. The van der Waals surface area contributed by atoms with Gasteiger partial charge in [-0.2, -0.15) is 18.4 Å². The standard InChI is InChI=1S/C8H5BF3NO2/c10-8(11,12)6-2-1-5(4-13)7(3-6)9(14)15/h1-3,14-15H. The Labute approximate surface area is 83.5 Å². The second kappa shape index (κ2) is 3.92. The van der Waals surface area contributed by atoms with E-state index in [2.05, 4.69) is 0 Å². The first-order chi connectivity index (χ1) is 6.86. The minimum Gasteiger partial charge on any atom is -0.423 e. The van der Waals surface area contributed by atoms with Crippen LogP contribution in [-0.2, 0) is 6.18 Å². The maximum atomic E-state index is 12.2. The Morgan fingerprint density at radius 2 is 1.87 bits per heavy atom. The summed E-state index contributed by atoms with van der Waals surface area (Å²) in [5.41, 5.74) is -1.67. The zero-order chi connectivity index (χ0) is 11.6. The molecule has 3 nitrogen and oxygen atoms in total. The lowest BCUT2D eigenvalue weighted by Crippen LogP contribution is -2.33. The summed E-state index contributed by atoms with van der Waals surface area (Å²) in [5.74, 6) is 0. The highest BCUT2D eigenvalue weighted by atomic mass is 19.4. The Morgan fingerprint density at radius 1 is 1.27 bits per heavy atom. The van der Waals surface area contributed by atoms with Crippen LogP contribution in [0.25, 0.3) is 0 Å². The molecule has 0 aromatic heterocycles. The Kier molecular flexibility index (Phi) is 3.02. The molecular formula is C8H5BF3NO2. The molecule has 7 heteroatoms. The molecule has 0 bridgehead atoms. The van der Waals surface area contributed by atoms with Gasteiger partial charge in [-0.15, -0.1) is 0 Å². The molecule has 0 heterocycles. The first kappa shape index (κ1) is 11.6. The van der Waals surface area contributed by atoms with E-state index in [9.17, 15) is 13.2 Å². The summed E-state index contributed by atoms with van der Waals surface area (Å²) in [4.78, 5) is 0. The van der Waals surface area contributed by atoms with Crippen LogP contribution in [0.5, 0.6) is 0 Å². The van der Waals surface area contributed by atoms with Gasteiger partial charge in [-0.05, 0) is 18.2 Å². The SMILES string of the molecule is N#Cc1ccc(C(F)(F)F)cc1B(O)O. The first-order valence-corrected chi connectivity index (χ1v) is 3.83. The fourth-order valence-corrected chi connectivity index (χ4v) is 1.05. The van der Waals surface area contributed by atoms with Gasteiger partial charge in [-0.3, -0.25) is 0 Å². The van der Waals surface area contributed by atoms with Crippen molar-refractivity contribution in [3.8, 4) is 6.07 Å². The average molecular weight is 215 g/mol. The van der Waals surface area contributed by atoms with Crippen LogP contribution >= 0.6 is 0 Å². The predicted octanol–water partition coefficient (Wildman–Crippen LogP) is 0.257. The quantitative estimate of drug-likeness (QED) is 0.660. The van der Waals surface area contributed by atoms with Gasteiger partial charge in [0, 0.05) is 5.46 Å². The molecule has 78 valence electrons. The van der Waals surface area contributed by atoms with Crippen LogP contribution in [0.15, 0.2) is 18.2 Å². The van der Waals surface area contributed by atoms with Gasteiger partial charge in [0.15, 0.2) is 0 Å². The van der Waals surface area contributed by atoms with Crippen LogP contribution in [-0.4, -0.2) is 17.2 Å². The van der Waals surface area contributed by atoms with Gasteiger partial charge in [-0.25, -0.2) is 0 Å². The largest absolute Gasteiger partial charge is 0.489 e. The number of hydrogen-bond donors (Lipinski definition) is 2. The van der Waals surface area contributed by atoms with Crippen LogP contribution in [0.3, 0.4) is 0 Å². The van der Waals surface area contributed by atoms with E-state index in [-0.39, 0.29) is 5.56 Å². The van der Waals surface area contributed by atoms with Crippen molar-refractivity contribution in [2.24, 2.45) is 0 Å². The topological polar surface area (TPSA) is 64.2 Å². The van der Waals surface area contributed by atoms with Crippen LogP contribution in [0.2, 0.25) is 0 Å². The predicted molar refractivity (Wildman–Crippen MR) is 46.0 cm³/mol. The molecule has 0 saturated carbocycles. The van der Waals surface area contributed by atoms with E-state index in [1.807, 2.05) is 0 Å². The van der Waals surface area contributed by atoms with Crippen molar-refractivity contribution in [1.29, 1.82) is 5.26 Å². The minimum absolute atomic E-state index is 0.196. The number of benzene rings is 1. The zero-order valence-electron chi connectivity index (χ0n) is 7.28. The molecule has 0 atom stereocenters. The molecule has 0 spiro atoms. The summed E-state index contributed by atoms with van der Waals surface area (Å²) in [7, 11) is -2.10. The molecule has 0 radical (unpaired) electrons. The number of rotatable bonds is 1. The lowest BCUT2D eigenvalue weighted by atomic mass is 9.76. The molecule has 0 aliphatic heterocycles. The summed E-state index contributed by atoms with van der Waals surface area (Å²) in [6.45, 7) is 0. The molecule has 15 heavy (non-hydrogen) atoms. The minimum atomic E-state index is -4.57. The number of nitrogens with zero attached hydrogens (tertiary/aromatic N) is 1. The Bertz CT molecular complexity index is 411. The lowest BCUT2D eigenvalue weighted by Gasteiger charge is -2.09. The van der Waals surface area contributed by atoms with E-state index in [1.54, 1.807) is 6.07 Å². The summed E-state index contributed by atoms with van der Waals surface area (Å²) >= 11 is 0. The third-order valence-electron chi connectivity index (χ3n) is 1.78. The van der Waals surface area contributed by atoms with E-state index >= 15 is 0 Å². The van der Waals surface area contributed by atoms with Gasteiger partial charge in [0.05, 0.1) is 17.2 Å².